The van der Waals surface area contributed by atoms with Crippen molar-refractivity contribution >= 4 is 23.7 Å². The van der Waals surface area contributed by atoms with Gasteiger partial charge in [-0.2, -0.15) is 0 Å². The van der Waals surface area contributed by atoms with E-state index in [-0.39, 0.29) is 22.6 Å². The first-order chi connectivity index (χ1) is 17.5. The van der Waals surface area contributed by atoms with Crippen LogP contribution in [-0.4, -0.2) is 22.2 Å². The molecule has 0 radical (unpaired) electrons. The lowest BCUT2D eigenvalue weighted by Crippen LogP contribution is -2.38. The quantitative estimate of drug-likeness (QED) is 0.320. The first kappa shape index (κ1) is 26.6. The molecule has 1 unspecified atom stereocenters. The zero-order valence-corrected chi connectivity index (χ0v) is 22.4. The Morgan fingerprint density at radius 2 is 1.62 bits per heavy atom. The molecule has 3 aromatic rings. The van der Waals surface area contributed by atoms with Crippen LogP contribution < -0.4 is 0 Å². The van der Waals surface area contributed by atoms with Crippen LogP contribution in [0.15, 0.2) is 88.4 Å². The predicted octanol–water partition coefficient (Wildman–Crippen LogP) is 7.33. The lowest BCUT2D eigenvalue weighted by molar-refractivity contribution is -0.160. The lowest BCUT2D eigenvalue weighted by Gasteiger charge is -2.38. The summed E-state index contributed by atoms with van der Waals surface area (Å²) in [5, 5.41) is 21.1. The van der Waals surface area contributed by atoms with Crippen molar-refractivity contribution in [2.75, 3.05) is 0 Å². The van der Waals surface area contributed by atoms with Gasteiger partial charge in [-0.25, -0.2) is 9.59 Å². The summed E-state index contributed by atoms with van der Waals surface area (Å²) in [6.07, 6.45) is 1.32. The average molecular weight is 517 g/mol. The van der Waals surface area contributed by atoms with Crippen molar-refractivity contribution in [2.24, 2.45) is 0 Å². The number of thioether (sulfide) groups is 1. The van der Waals surface area contributed by atoms with Crippen molar-refractivity contribution in [1.29, 1.82) is 0 Å². The number of carboxylic acids is 1. The summed E-state index contributed by atoms with van der Waals surface area (Å²) in [6.45, 7) is 7.70. The third-order valence-electron chi connectivity index (χ3n) is 6.69. The molecule has 0 fully saturated rings. The number of aromatic carboxylic acids is 1. The molecular weight excluding hydrogens is 484 g/mol. The molecule has 5 nitrogen and oxygen atoms in total. The number of ether oxygens (including phenoxy) is 1. The number of carboxylic acid groups (broad SMARTS) is 1. The van der Waals surface area contributed by atoms with Crippen LogP contribution in [0.3, 0.4) is 0 Å². The number of rotatable bonds is 7. The molecule has 2 N–H and O–H groups in total. The number of hydrogen-bond acceptors (Lipinski definition) is 5. The Balaban J connectivity index is 1.75. The third-order valence-corrected chi connectivity index (χ3v) is 8.02. The van der Waals surface area contributed by atoms with Crippen molar-refractivity contribution in [3.8, 4) is 0 Å². The zero-order chi connectivity index (χ0) is 26.8. The monoisotopic (exact) mass is 516 g/mol. The minimum atomic E-state index is -1.03. The Hall–Kier alpha value is -3.51. The Bertz CT molecular complexity index is 1340. The molecule has 0 aliphatic carbocycles. The van der Waals surface area contributed by atoms with E-state index < -0.39 is 23.0 Å². The molecule has 0 spiro atoms. The molecule has 0 saturated carbocycles. The molecule has 1 heterocycles. The summed E-state index contributed by atoms with van der Waals surface area (Å²) in [7, 11) is 0. The molecular formula is C31H32O5S. The van der Waals surface area contributed by atoms with E-state index in [4.69, 9.17) is 4.74 Å². The van der Waals surface area contributed by atoms with Crippen molar-refractivity contribution in [3.63, 3.8) is 0 Å². The molecule has 1 atom stereocenters. The fourth-order valence-corrected chi connectivity index (χ4v) is 6.12. The Kier molecular flexibility index (Phi) is 7.51. The van der Waals surface area contributed by atoms with E-state index in [2.05, 4.69) is 0 Å². The fourth-order valence-electron chi connectivity index (χ4n) is 4.85. The maximum atomic E-state index is 13.5. The molecule has 1 aliphatic rings. The van der Waals surface area contributed by atoms with Crippen LogP contribution in [0.25, 0.3) is 0 Å². The summed E-state index contributed by atoms with van der Waals surface area (Å²) < 4.78 is 6.19. The molecule has 0 saturated heterocycles. The van der Waals surface area contributed by atoms with Crippen LogP contribution in [-0.2, 0) is 27.0 Å². The second-order valence-corrected chi connectivity index (χ2v) is 11.5. The Morgan fingerprint density at radius 1 is 1.00 bits per heavy atom. The first-order valence-corrected chi connectivity index (χ1v) is 13.1. The summed E-state index contributed by atoms with van der Waals surface area (Å²) in [5.41, 5.74) is 2.08. The summed E-state index contributed by atoms with van der Waals surface area (Å²) in [5.74, 6) is -1.68. The van der Waals surface area contributed by atoms with Gasteiger partial charge in [0.2, 0.25) is 0 Å². The van der Waals surface area contributed by atoms with E-state index in [1.165, 1.54) is 0 Å². The van der Waals surface area contributed by atoms with Gasteiger partial charge in [0.15, 0.2) is 0 Å². The molecule has 0 amide bonds. The molecule has 4 rings (SSSR count). The van der Waals surface area contributed by atoms with Crippen LogP contribution in [0, 0.1) is 6.92 Å². The van der Waals surface area contributed by atoms with Gasteiger partial charge in [0, 0.05) is 4.90 Å². The molecule has 6 heteroatoms. The number of aliphatic hydroxyl groups is 1. The SMILES string of the molecule is Cc1ccc(C(=O)O)c(C(C)(C)C)c1SC1=C(O)CC(CCc2ccccc2)(c2ccccc2)OC1=O. The maximum absolute atomic E-state index is 13.5. The van der Waals surface area contributed by atoms with Gasteiger partial charge in [-0.15, -0.1) is 0 Å². The molecule has 3 aromatic carbocycles. The van der Waals surface area contributed by atoms with Gasteiger partial charge in [0.05, 0.1) is 12.0 Å². The molecule has 192 valence electrons. The van der Waals surface area contributed by atoms with Crippen molar-refractivity contribution in [1.82, 2.24) is 0 Å². The van der Waals surface area contributed by atoms with Crippen LogP contribution in [0.5, 0.6) is 0 Å². The highest BCUT2D eigenvalue weighted by atomic mass is 32.2. The highest BCUT2D eigenvalue weighted by Crippen LogP contribution is 2.47. The van der Waals surface area contributed by atoms with E-state index in [9.17, 15) is 19.8 Å². The number of hydrogen-bond donors (Lipinski definition) is 2. The van der Waals surface area contributed by atoms with Gasteiger partial charge < -0.3 is 14.9 Å². The normalized spacial score (nSPS) is 18.0. The van der Waals surface area contributed by atoms with E-state index in [0.717, 1.165) is 28.5 Å². The van der Waals surface area contributed by atoms with Gasteiger partial charge >= 0.3 is 11.9 Å². The van der Waals surface area contributed by atoms with E-state index >= 15 is 0 Å². The van der Waals surface area contributed by atoms with E-state index in [1.54, 1.807) is 12.1 Å². The largest absolute Gasteiger partial charge is 0.511 e. The van der Waals surface area contributed by atoms with Gasteiger partial charge in [-0.1, -0.05) is 99.3 Å². The molecule has 1 aliphatic heterocycles. The lowest BCUT2D eigenvalue weighted by atomic mass is 9.82. The molecule has 0 bridgehead atoms. The number of esters is 1. The Morgan fingerprint density at radius 3 is 2.19 bits per heavy atom. The van der Waals surface area contributed by atoms with Gasteiger partial charge in [0.1, 0.15) is 16.3 Å². The molecule has 0 aromatic heterocycles. The standard InChI is InChI=1S/C31H32O5S/c1-20-15-16-23(28(33)34)25(30(2,3)4)26(20)37-27-24(32)19-31(36-29(27)35,22-13-9-6-10-14-22)18-17-21-11-7-5-8-12-21/h5-16,32H,17-19H2,1-4H3,(H,33,34). The van der Waals surface area contributed by atoms with Crippen LogP contribution >= 0.6 is 11.8 Å². The summed E-state index contributed by atoms with van der Waals surface area (Å²) >= 11 is 1.09. The second-order valence-electron chi connectivity index (χ2n) is 10.5. The van der Waals surface area contributed by atoms with E-state index in [0.29, 0.717) is 23.3 Å². The number of cyclic esters (lactones) is 1. The number of aliphatic hydroxyl groups excluding tert-OH is 1. The summed E-state index contributed by atoms with van der Waals surface area (Å²) in [4.78, 5) is 26.3. The fraction of sp³-hybridized carbons (Fsp3) is 0.290. The first-order valence-electron chi connectivity index (χ1n) is 12.3. The average Bonchev–Trinajstić information content (AvgIpc) is 2.86. The van der Waals surface area contributed by atoms with Crippen molar-refractivity contribution in [3.05, 3.63) is 111 Å². The van der Waals surface area contributed by atoms with Gasteiger partial charge in [-0.05, 0) is 53.5 Å². The highest BCUT2D eigenvalue weighted by Gasteiger charge is 2.44. The number of carbonyl (C=O) groups is 2. The maximum Gasteiger partial charge on any atom is 0.349 e. The summed E-state index contributed by atoms with van der Waals surface area (Å²) in [6, 6.07) is 22.9. The predicted molar refractivity (Wildman–Crippen MR) is 146 cm³/mol. The van der Waals surface area contributed by atoms with Crippen LogP contribution in [0.4, 0.5) is 0 Å². The minimum absolute atomic E-state index is 0.0434. The Labute approximate surface area is 222 Å². The minimum Gasteiger partial charge on any atom is -0.511 e. The third kappa shape index (κ3) is 5.59. The van der Waals surface area contributed by atoms with E-state index in [1.807, 2.05) is 88.4 Å². The van der Waals surface area contributed by atoms with Crippen LogP contribution in [0.1, 0.15) is 66.2 Å². The number of benzene rings is 3. The highest BCUT2D eigenvalue weighted by molar-refractivity contribution is 8.04. The van der Waals surface area contributed by atoms with Crippen molar-refractivity contribution < 1.29 is 24.5 Å². The molecule has 37 heavy (non-hydrogen) atoms. The zero-order valence-electron chi connectivity index (χ0n) is 21.6. The number of carbonyl (C=O) groups excluding carboxylic acids is 1. The van der Waals surface area contributed by atoms with Gasteiger partial charge in [0.25, 0.3) is 0 Å². The van der Waals surface area contributed by atoms with Gasteiger partial charge in [-0.3, -0.25) is 0 Å². The topological polar surface area (TPSA) is 83.8 Å². The van der Waals surface area contributed by atoms with Crippen LogP contribution in [0.2, 0.25) is 0 Å². The second kappa shape index (κ2) is 10.5. The smallest absolute Gasteiger partial charge is 0.349 e. The van der Waals surface area contributed by atoms with Crippen molar-refractivity contribution in [2.45, 2.75) is 62.9 Å². The number of aryl methyl sites for hydroxylation is 2.